The van der Waals surface area contributed by atoms with Crippen molar-refractivity contribution in [3.8, 4) is 0 Å². The van der Waals surface area contributed by atoms with Crippen LogP contribution >= 0.6 is 0 Å². The van der Waals surface area contributed by atoms with Crippen molar-refractivity contribution in [2.45, 2.75) is 38.8 Å². The Balaban J connectivity index is 2.06. The van der Waals surface area contributed by atoms with Crippen LogP contribution in [0.5, 0.6) is 0 Å². The highest BCUT2D eigenvalue weighted by atomic mass is 16.3. The largest absolute Gasteiger partial charge is 0.387 e. The number of aliphatic hydroxyl groups excluding tert-OH is 1. The van der Waals surface area contributed by atoms with Crippen LogP contribution in [-0.4, -0.2) is 28.0 Å². The molecule has 1 saturated heterocycles. The lowest BCUT2D eigenvalue weighted by atomic mass is 9.90. The van der Waals surface area contributed by atoms with Crippen LogP contribution in [0, 0.1) is 5.92 Å². The number of piperidine rings is 1. The van der Waals surface area contributed by atoms with Crippen molar-refractivity contribution >= 4 is 0 Å². The summed E-state index contributed by atoms with van der Waals surface area (Å²) in [5.74, 6) is 0.383. The van der Waals surface area contributed by atoms with Gasteiger partial charge in [-0.05, 0) is 44.3 Å². The average Bonchev–Trinajstić information content (AvgIpc) is 2.78. The van der Waals surface area contributed by atoms with Gasteiger partial charge in [0.05, 0.1) is 11.8 Å². The van der Waals surface area contributed by atoms with E-state index >= 15 is 0 Å². The molecule has 0 bridgehead atoms. The summed E-state index contributed by atoms with van der Waals surface area (Å²) >= 11 is 0. The first kappa shape index (κ1) is 11.6. The van der Waals surface area contributed by atoms with Crippen LogP contribution in [-0.2, 0) is 6.54 Å². The molecule has 0 saturated carbocycles. The zero-order valence-electron chi connectivity index (χ0n) is 9.89. The summed E-state index contributed by atoms with van der Waals surface area (Å²) in [5, 5.41) is 17.9. The Bertz CT molecular complexity index is 318. The summed E-state index contributed by atoms with van der Waals surface area (Å²) in [6.45, 7) is 5.06. The van der Waals surface area contributed by atoms with Gasteiger partial charge in [0.1, 0.15) is 0 Å². The molecule has 2 N–H and O–H groups in total. The summed E-state index contributed by atoms with van der Waals surface area (Å²) < 4.78 is 1.94. The fourth-order valence-corrected chi connectivity index (χ4v) is 2.39. The van der Waals surface area contributed by atoms with E-state index in [-0.39, 0.29) is 6.10 Å². The fourth-order valence-electron chi connectivity index (χ4n) is 2.39. The Labute approximate surface area is 96.7 Å². The Morgan fingerprint density at radius 3 is 3.00 bits per heavy atom. The van der Waals surface area contributed by atoms with E-state index in [0.29, 0.717) is 5.92 Å². The Kier molecular flexibility index (Phi) is 3.96. The van der Waals surface area contributed by atoms with Gasteiger partial charge in [-0.3, -0.25) is 4.68 Å². The van der Waals surface area contributed by atoms with Gasteiger partial charge in [-0.1, -0.05) is 6.92 Å². The molecule has 0 amide bonds. The first-order valence-electron chi connectivity index (χ1n) is 6.23. The predicted octanol–water partition coefficient (Wildman–Crippen LogP) is 1.33. The van der Waals surface area contributed by atoms with Crippen molar-refractivity contribution in [2.24, 2.45) is 5.92 Å². The van der Waals surface area contributed by atoms with Crippen LogP contribution < -0.4 is 5.32 Å². The van der Waals surface area contributed by atoms with Crippen molar-refractivity contribution in [1.82, 2.24) is 15.1 Å². The third kappa shape index (κ3) is 2.44. The third-order valence-electron chi connectivity index (χ3n) is 3.32. The second-order valence-corrected chi connectivity index (χ2v) is 4.51. The number of rotatable bonds is 4. The maximum Gasteiger partial charge on any atom is 0.0985 e. The Morgan fingerprint density at radius 2 is 2.31 bits per heavy atom. The Morgan fingerprint density at radius 1 is 1.56 bits per heavy atom. The highest BCUT2D eigenvalue weighted by Gasteiger charge is 2.25. The first-order chi connectivity index (χ1) is 7.83. The molecule has 1 aromatic rings. The summed E-state index contributed by atoms with van der Waals surface area (Å²) in [6, 6.07) is 1.95. The van der Waals surface area contributed by atoms with E-state index in [4.69, 9.17) is 0 Å². The second kappa shape index (κ2) is 5.46. The molecule has 4 heteroatoms. The van der Waals surface area contributed by atoms with E-state index in [9.17, 15) is 5.11 Å². The van der Waals surface area contributed by atoms with Gasteiger partial charge in [0, 0.05) is 12.7 Å². The van der Waals surface area contributed by atoms with Crippen LogP contribution in [0.15, 0.2) is 12.3 Å². The summed E-state index contributed by atoms with van der Waals surface area (Å²) in [5.41, 5.74) is 0.980. The number of hydrogen-bond donors (Lipinski definition) is 2. The minimum absolute atomic E-state index is 0.351. The van der Waals surface area contributed by atoms with E-state index in [1.54, 1.807) is 6.20 Å². The van der Waals surface area contributed by atoms with Gasteiger partial charge in [0.2, 0.25) is 0 Å². The van der Waals surface area contributed by atoms with Gasteiger partial charge in [-0.15, -0.1) is 0 Å². The van der Waals surface area contributed by atoms with Gasteiger partial charge < -0.3 is 10.4 Å². The lowest BCUT2D eigenvalue weighted by molar-refractivity contribution is 0.0805. The SMILES string of the molecule is CCCn1nccc1C(O)C1CCNCC1. The monoisotopic (exact) mass is 223 g/mol. The zero-order chi connectivity index (χ0) is 11.4. The first-order valence-corrected chi connectivity index (χ1v) is 6.23. The van der Waals surface area contributed by atoms with E-state index in [1.807, 2.05) is 10.7 Å². The van der Waals surface area contributed by atoms with E-state index < -0.39 is 0 Å². The molecule has 1 aromatic heterocycles. The standard InChI is InChI=1S/C12H21N3O/c1-2-9-15-11(5-8-14-15)12(16)10-3-6-13-7-4-10/h5,8,10,12-13,16H,2-4,6-7,9H2,1H3. The minimum Gasteiger partial charge on any atom is -0.387 e. The topological polar surface area (TPSA) is 50.1 Å². The van der Waals surface area contributed by atoms with Gasteiger partial charge in [0.15, 0.2) is 0 Å². The molecule has 1 fully saturated rings. The molecule has 0 spiro atoms. The molecule has 4 nitrogen and oxygen atoms in total. The van der Waals surface area contributed by atoms with Crippen molar-refractivity contribution in [2.75, 3.05) is 13.1 Å². The van der Waals surface area contributed by atoms with E-state index in [1.165, 1.54) is 0 Å². The maximum absolute atomic E-state index is 10.4. The summed E-state index contributed by atoms with van der Waals surface area (Å²) in [6.07, 6.45) is 4.59. The third-order valence-corrected chi connectivity index (χ3v) is 3.32. The molecular weight excluding hydrogens is 202 g/mol. The second-order valence-electron chi connectivity index (χ2n) is 4.51. The van der Waals surface area contributed by atoms with Crippen LogP contribution in [0.3, 0.4) is 0 Å². The number of aliphatic hydroxyl groups is 1. The van der Waals surface area contributed by atoms with Crippen molar-refractivity contribution < 1.29 is 5.11 Å². The molecule has 16 heavy (non-hydrogen) atoms. The smallest absolute Gasteiger partial charge is 0.0985 e. The Hall–Kier alpha value is -0.870. The molecule has 0 aliphatic carbocycles. The fraction of sp³-hybridized carbons (Fsp3) is 0.750. The molecular formula is C12H21N3O. The van der Waals surface area contributed by atoms with Gasteiger partial charge in [0.25, 0.3) is 0 Å². The highest BCUT2D eigenvalue weighted by Crippen LogP contribution is 2.28. The zero-order valence-corrected chi connectivity index (χ0v) is 9.89. The van der Waals surface area contributed by atoms with Crippen molar-refractivity contribution in [3.05, 3.63) is 18.0 Å². The molecule has 1 unspecified atom stereocenters. The average molecular weight is 223 g/mol. The number of aromatic nitrogens is 2. The highest BCUT2D eigenvalue weighted by molar-refractivity contribution is 5.06. The minimum atomic E-state index is -0.351. The van der Waals surface area contributed by atoms with Crippen LogP contribution in [0.2, 0.25) is 0 Å². The molecule has 2 rings (SSSR count). The number of aryl methyl sites for hydroxylation is 1. The number of nitrogens with one attached hydrogen (secondary N) is 1. The lowest BCUT2D eigenvalue weighted by Crippen LogP contribution is -2.31. The molecule has 90 valence electrons. The van der Waals surface area contributed by atoms with E-state index in [2.05, 4.69) is 17.3 Å². The molecule has 0 radical (unpaired) electrons. The molecule has 1 aliphatic heterocycles. The quantitative estimate of drug-likeness (QED) is 0.809. The van der Waals surface area contributed by atoms with Crippen molar-refractivity contribution in [3.63, 3.8) is 0 Å². The van der Waals surface area contributed by atoms with Gasteiger partial charge in [-0.2, -0.15) is 5.10 Å². The van der Waals surface area contributed by atoms with Gasteiger partial charge in [-0.25, -0.2) is 0 Å². The number of hydrogen-bond acceptors (Lipinski definition) is 3. The molecule has 0 aromatic carbocycles. The predicted molar refractivity (Wildman–Crippen MR) is 63.1 cm³/mol. The number of nitrogens with zero attached hydrogens (tertiary/aromatic N) is 2. The molecule has 2 heterocycles. The van der Waals surface area contributed by atoms with Crippen molar-refractivity contribution in [1.29, 1.82) is 0 Å². The lowest BCUT2D eigenvalue weighted by Gasteiger charge is -2.27. The maximum atomic E-state index is 10.4. The summed E-state index contributed by atoms with van der Waals surface area (Å²) in [4.78, 5) is 0. The molecule has 1 aliphatic rings. The van der Waals surface area contributed by atoms with Crippen LogP contribution in [0.25, 0.3) is 0 Å². The van der Waals surface area contributed by atoms with Crippen LogP contribution in [0.1, 0.15) is 38.0 Å². The normalized spacial score (nSPS) is 19.9. The molecule has 1 atom stereocenters. The summed E-state index contributed by atoms with van der Waals surface area (Å²) in [7, 11) is 0. The van der Waals surface area contributed by atoms with Gasteiger partial charge >= 0.3 is 0 Å². The van der Waals surface area contributed by atoms with E-state index in [0.717, 1.165) is 44.6 Å². The van der Waals surface area contributed by atoms with Crippen LogP contribution in [0.4, 0.5) is 0 Å².